The smallest absolute Gasteiger partial charge is 0.0705 e. The third-order valence-corrected chi connectivity index (χ3v) is 2.93. The van der Waals surface area contributed by atoms with Crippen molar-refractivity contribution in [3.63, 3.8) is 0 Å². The minimum Gasteiger partial charge on any atom is -0.375 e. The molecule has 0 amide bonds. The van der Waals surface area contributed by atoms with E-state index < -0.39 is 0 Å². The Labute approximate surface area is 63.8 Å². The fourth-order valence-corrected chi connectivity index (χ4v) is 1.88. The molecule has 2 atom stereocenters. The SMILES string of the molecule is CCOC1(CC)CCC1C. The summed E-state index contributed by atoms with van der Waals surface area (Å²) >= 11 is 0. The number of hydrogen-bond donors (Lipinski definition) is 0. The Balaban J connectivity index is 2.43. The molecule has 0 saturated heterocycles. The molecule has 1 aliphatic carbocycles. The van der Waals surface area contributed by atoms with Gasteiger partial charge in [0.2, 0.25) is 0 Å². The van der Waals surface area contributed by atoms with Crippen LogP contribution < -0.4 is 0 Å². The minimum absolute atomic E-state index is 0.273. The van der Waals surface area contributed by atoms with Gasteiger partial charge < -0.3 is 4.74 Å². The lowest BCUT2D eigenvalue weighted by atomic mass is 9.69. The van der Waals surface area contributed by atoms with Gasteiger partial charge in [-0.1, -0.05) is 13.8 Å². The highest BCUT2D eigenvalue weighted by molar-refractivity contribution is 4.94. The highest BCUT2D eigenvalue weighted by atomic mass is 16.5. The van der Waals surface area contributed by atoms with Crippen molar-refractivity contribution >= 4 is 0 Å². The zero-order valence-corrected chi connectivity index (χ0v) is 7.31. The van der Waals surface area contributed by atoms with Crippen molar-refractivity contribution in [2.45, 2.75) is 45.6 Å². The highest BCUT2D eigenvalue weighted by Crippen LogP contribution is 2.43. The number of ether oxygens (including phenoxy) is 1. The van der Waals surface area contributed by atoms with Gasteiger partial charge in [-0.2, -0.15) is 0 Å². The summed E-state index contributed by atoms with van der Waals surface area (Å²) in [6.45, 7) is 7.48. The molecule has 0 aromatic rings. The first-order valence-corrected chi connectivity index (χ1v) is 4.39. The molecule has 0 bridgehead atoms. The van der Waals surface area contributed by atoms with Crippen LogP contribution in [0.2, 0.25) is 0 Å². The van der Waals surface area contributed by atoms with E-state index in [1.807, 2.05) is 0 Å². The molecule has 1 nitrogen and oxygen atoms in total. The van der Waals surface area contributed by atoms with E-state index >= 15 is 0 Å². The maximum Gasteiger partial charge on any atom is 0.0705 e. The van der Waals surface area contributed by atoms with Gasteiger partial charge in [0.05, 0.1) is 5.60 Å². The predicted molar refractivity (Wildman–Crippen MR) is 43.0 cm³/mol. The van der Waals surface area contributed by atoms with E-state index in [1.165, 1.54) is 19.3 Å². The summed E-state index contributed by atoms with van der Waals surface area (Å²) in [4.78, 5) is 0. The quantitative estimate of drug-likeness (QED) is 0.588. The summed E-state index contributed by atoms with van der Waals surface area (Å²) < 4.78 is 5.73. The molecule has 1 aliphatic rings. The summed E-state index contributed by atoms with van der Waals surface area (Å²) in [6, 6.07) is 0. The van der Waals surface area contributed by atoms with Gasteiger partial charge in [-0.05, 0) is 32.1 Å². The maximum absolute atomic E-state index is 5.73. The van der Waals surface area contributed by atoms with Crippen molar-refractivity contribution in [2.75, 3.05) is 6.61 Å². The van der Waals surface area contributed by atoms with Gasteiger partial charge >= 0.3 is 0 Å². The van der Waals surface area contributed by atoms with Crippen LogP contribution >= 0.6 is 0 Å². The zero-order chi connectivity index (χ0) is 7.61. The van der Waals surface area contributed by atoms with Crippen molar-refractivity contribution in [2.24, 2.45) is 5.92 Å². The van der Waals surface area contributed by atoms with Crippen LogP contribution in [0.1, 0.15) is 40.0 Å². The van der Waals surface area contributed by atoms with Crippen LogP contribution in [-0.4, -0.2) is 12.2 Å². The van der Waals surface area contributed by atoms with E-state index in [9.17, 15) is 0 Å². The Bertz CT molecular complexity index is 107. The molecule has 0 aromatic heterocycles. The molecule has 10 heavy (non-hydrogen) atoms. The van der Waals surface area contributed by atoms with E-state index in [1.54, 1.807) is 0 Å². The van der Waals surface area contributed by atoms with E-state index in [0.29, 0.717) is 0 Å². The molecule has 60 valence electrons. The Morgan fingerprint density at radius 3 is 2.30 bits per heavy atom. The van der Waals surface area contributed by atoms with Crippen LogP contribution in [0.5, 0.6) is 0 Å². The van der Waals surface area contributed by atoms with E-state index in [4.69, 9.17) is 4.74 Å². The Kier molecular flexibility index (Phi) is 2.35. The lowest BCUT2D eigenvalue weighted by molar-refractivity contribution is -0.138. The summed E-state index contributed by atoms with van der Waals surface area (Å²) in [5, 5.41) is 0. The first kappa shape index (κ1) is 8.06. The normalized spacial score (nSPS) is 39.3. The topological polar surface area (TPSA) is 9.23 Å². The second-order valence-electron chi connectivity index (χ2n) is 3.29. The molecule has 0 spiro atoms. The predicted octanol–water partition coefficient (Wildman–Crippen LogP) is 2.60. The maximum atomic E-state index is 5.73. The summed E-state index contributed by atoms with van der Waals surface area (Å²) in [6.07, 6.45) is 3.81. The van der Waals surface area contributed by atoms with Crippen molar-refractivity contribution in [1.29, 1.82) is 0 Å². The van der Waals surface area contributed by atoms with Gasteiger partial charge in [0.15, 0.2) is 0 Å². The van der Waals surface area contributed by atoms with Crippen LogP contribution in [-0.2, 0) is 4.74 Å². The van der Waals surface area contributed by atoms with Gasteiger partial charge in [0, 0.05) is 6.61 Å². The largest absolute Gasteiger partial charge is 0.375 e. The van der Waals surface area contributed by atoms with Crippen LogP contribution in [0.15, 0.2) is 0 Å². The van der Waals surface area contributed by atoms with Crippen LogP contribution in [0.25, 0.3) is 0 Å². The fourth-order valence-electron chi connectivity index (χ4n) is 1.88. The van der Waals surface area contributed by atoms with E-state index in [2.05, 4.69) is 20.8 Å². The molecule has 0 heterocycles. The van der Waals surface area contributed by atoms with Gasteiger partial charge in [0.1, 0.15) is 0 Å². The molecule has 0 aromatic carbocycles. The lowest BCUT2D eigenvalue weighted by Gasteiger charge is -2.47. The molecule has 2 unspecified atom stereocenters. The Hall–Kier alpha value is -0.0400. The van der Waals surface area contributed by atoms with Crippen LogP contribution in [0.3, 0.4) is 0 Å². The summed E-state index contributed by atoms with van der Waals surface area (Å²) in [7, 11) is 0. The van der Waals surface area contributed by atoms with Crippen molar-refractivity contribution in [1.82, 2.24) is 0 Å². The Morgan fingerprint density at radius 1 is 1.50 bits per heavy atom. The molecule has 1 saturated carbocycles. The average Bonchev–Trinajstić information content (AvgIpc) is 1.97. The molecule has 0 N–H and O–H groups in total. The highest BCUT2D eigenvalue weighted by Gasteiger charge is 2.42. The average molecular weight is 142 g/mol. The van der Waals surface area contributed by atoms with Crippen LogP contribution in [0, 0.1) is 5.92 Å². The third-order valence-electron chi connectivity index (χ3n) is 2.93. The number of hydrogen-bond acceptors (Lipinski definition) is 1. The summed E-state index contributed by atoms with van der Waals surface area (Å²) in [5.74, 6) is 0.789. The fraction of sp³-hybridized carbons (Fsp3) is 1.00. The minimum atomic E-state index is 0.273. The molecule has 1 fully saturated rings. The lowest BCUT2D eigenvalue weighted by Crippen LogP contribution is -2.47. The van der Waals surface area contributed by atoms with Crippen LogP contribution in [0.4, 0.5) is 0 Å². The Morgan fingerprint density at radius 2 is 2.20 bits per heavy atom. The molecule has 0 radical (unpaired) electrons. The molecule has 0 aliphatic heterocycles. The second-order valence-corrected chi connectivity index (χ2v) is 3.29. The second kappa shape index (κ2) is 2.91. The third kappa shape index (κ3) is 1.07. The van der Waals surface area contributed by atoms with E-state index in [0.717, 1.165) is 12.5 Å². The molecule has 1 rings (SSSR count). The monoisotopic (exact) mass is 142 g/mol. The first-order chi connectivity index (χ1) is 4.75. The van der Waals surface area contributed by atoms with Crippen molar-refractivity contribution in [3.8, 4) is 0 Å². The van der Waals surface area contributed by atoms with Crippen molar-refractivity contribution < 1.29 is 4.74 Å². The van der Waals surface area contributed by atoms with E-state index in [-0.39, 0.29) is 5.60 Å². The standard InChI is InChI=1S/C9H18O/c1-4-9(10-5-2)7-6-8(9)3/h8H,4-7H2,1-3H3. The molecule has 1 heteroatoms. The van der Waals surface area contributed by atoms with Gasteiger partial charge in [-0.15, -0.1) is 0 Å². The zero-order valence-electron chi connectivity index (χ0n) is 7.31. The number of rotatable bonds is 3. The van der Waals surface area contributed by atoms with Gasteiger partial charge in [0.25, 0.3) is 0 Å². The van der Waals surface area contributed by atoms with Gasteiger partial charge in [-0.25, -0.2) is 0 Å². The molecular weight excluding hydrogens is 124 g/mol. The van der Waals surface area contributed by atoms with Crippen molar-refractivity contribution in [3.05, 3.63) is 0 Å². The first-order valence-electron chi connectivity index (χ1n) is 4.39. The summed E-state index contributed by atoms with van der Waals surface area (Å²) in [5.41, 5.74) is 0.273. The molecular formula is C9H18O. The van der Waals surface area contributed by atoms with Gasteiger partial charge in [-0.3, -0.25) is 0 Å².